The van der Waals surface area contributed by atoms with E-state index >= 15 is 0 Å². The van der Waals surface area contributed by atoms with E-state index in [0.717, 1.165) is 16.9 Å². The Kier molecular flexibility index (Phi) is 5.45. The molecule has 1 aliphatic rings. The van der Waals surface area contributed by atoms with Gasteiger partial charge in [0.05, 0.1) is 35.1 Å². The number of anilines is 1. The molecule has 1 saturated heterocycles. The molecule has 11 nitrogen and oxygen atoms in total. The number of aromatic nitrogens is 7. The molecule has 0 bridgehead atoms. The number of halogens is 1. The normalized spacial score (nSPS) is 13.9. The molecule has 1 aromatic carbocycles. The molecule has 0 radical (unpaired) electrons. The lowest BCUT2D eigenvalue weighted by molar-refractivity contribution is -0.126. The molecule has 1 fully saturated rings. The summed E-state index contributed by atoms with van der Waals surface area (Å²) in [6.07, 6.45) is 5.34. The molecule has 5 aromatic rings. The second-order valence-electron chi connectivity index (χ2n) is 8.10. The Morgan fingerprint density at radius 2 is 1.89 bits per heavy atom. The summed E-state index contributed by atoms with van der Waals surface area (Å²) in [6.45, 7) is 1.68. The van der Waals surface area contributed by atoms with Gasteiger partial charge >= 0.3 is 0 Å². The third-order valence-corrected chi connectivity index (χ3v) is 6.78. The first kappa shape index (κ1) is 22.0. The number of nitrogens with zero attached hydrogens (tertiary/aromatic N) is 8. The number of piperazine rings is 1. The van der Waals surface area contributed by atoms with Gasteiger partial charge in [-0.1, -0.05) is 35.5 Å². The van der Waals surface area contributed by atoms with Gasteiger partial charge in [0.15, 0.2) is 17.5 Å². The molecule has 0 atom stereocenters. The first-order valence-corrected chi connectivity index (χ1v) is 11.9. The fourth-order valence-corrected chi connectivity index (χ4v) is 4.92. The van der Waals surface area contributed by atoms with Crippen molar-refractivity contribution in [2.45, 2.75) is 0 Å². The van der Waals surface area contributed by atoms with E-state index in [1.807, 2.05) is 35.2 Å². The van der Waals surface area contributed by atoms with Crippen molar-refractivity contribution >= 4 is 39.3 Å². The van der Waals surface area contributed by atoms with Crippen LogP contribution in [0.15, 0.2) is 55.1 Å². The molecule has 13 heteroatoms. The van der Waals surface area contributed by atoms with Gasteiger partial charge in [-0.2, -0.15) is 9.36 Å². The number of carbonyl (C=O) groups excluding carboxylic acids is 2. The molecule has 180 valence electrons. The van der Waals surface area contributed by atoms with Gasteiger partial charge in [0, 0.05) is 49.5 Å². The summed E-state index contributed by atoms with van der Waals surface area (Å²) in [5.41, 5.74) is 1.15. The number of aromatic amines is 1. The largest absolute Gasteiger partial charge is 0.357 e. The number of amides is 1. The monoisotopic (exact) mass is 503 g/mol. The van der Waals surface area contributed by atoms with Crippen LogP contribution in [0.3, 0.4) is 0 Å². The lowest BCUT2D eigenvalue weighted by Crippen LogP contribution is -2.50. The van der Waals surface area contributed by atoms with Gasteiger partial charge in [-0.15, -0.1) is 5.10 Å². The Labute approximate surface area is 207 Å². The lowest BCUT2D eigenvalue weighted by atomic mass is 10.1. The zero-order valence-corrected chi connectivity index (χ0v) is 19.5. The van der Waals surface area contributed by atoms with Crippen molar-refractivity contribution in [3.8, 4) is 17.2 Å². The number of carbonyl (C=O) groups is 2. The van der Waals surface area contributed by atoms with E-state index in [9.17, 15) is 14.0 Å². The zero-order chi connectivity index (χ0) is 24.6. The van der Waals surface area contributed by atoms with Crippen LogP contribution in [-0.2, 0) is 4.79 Å². The summed E-state index contributed by atoms with van der Waals surface area (Å²) in [5.74, 6) is -1.24. The van der Waals surface area contributed by atoms with Crippen molar-refractivity contribution in [2.24, 2.45) is 0 Å². The Hall–Kier alpha value is -4.52. The summed E-state index contributed by atoms with van der Waals surface area (Å²) < 4.78 is 20.5. The highest BCUT2D eigenvalue weighted by molar-refractivity contribution is 7.09. The molecule has 1 N–H and O–H groups in total. The van der Waals surface area contributed by atoms with Crippen molar-refractivity contribution in [1.29, 1.82) is 0 Å². The second kappa shape index (κ2) is 8.92. The molecule has 0 aliphatic carbocycles. The average Bonchev–Trinajstić information content (AvgIpc) is 3.70. The number of rotatable bonds is 5. The number of nitrogens with one attached hydrogen (secondary N) is 1. The number of benzene rings is 1. The van der Waals surface area contributed by atoms with Crippen molar-refractivity contribution in [1.82, 2.24) is 39.2 Å². The molecule has 6 rings (SSSR count). The third-order valence-electron chi connectivity index (χ3n) is 6.01. The van der Waals surface area contributed by atoms with Crippen molar-refractivity contribution in [3.63, 3.8) is 0 Å². The summed E-state index contributed by atoms with van der Waals surface area (Å²) >= 11 is 1.30. The first-order chi connectivity index (χ1) is 17.6. The van der Waals surface area contributed by atoms with Gasteiger partial charge in [0.25, 0.3) is 11.7 Å². The summed E-state index contributed by atoms with van der Waals surface area (Å²) in [6, 6.07) is 9.71. The highest BCUT2D eigenvalue weighted by Crippen LogP contribution is 2.27. The lowest BCUT2D eigenvalue weighted by Gasteiger charge is -2.33. The Morgan fingerprint density at radius 1 is 1.08 bits per heavy atom. The minimum absolute atomic E-state index is 0.00483. The Bertz CT molecular complexity index is 1560. The number of ketones is 1. The van der Waals surface area contributed by atoms with E-state index in [4.69, 9.17) is 0 Å². The highest BCUT2D eigenvalue weighted by atomic mass is 32.1. The van der Waals surface area contributed by atoms with E-state index < -0.39 is 17.5 Å². The molecule has 1 aliphatic heterocycles. The molecular formula is C23H18FN9O2S. The van der Waals surface area contributed by atoms with Crippen LogP contribution in [0.5, 0.6) is 0 Å². The minimum atomic E-state index is -0.786. The summed E-state index contributed by atoms with van der Waals surface area (Å²) in [7, 11) is 0. The van der Waals surface area contributed by atoms with Gasteiger partial charge in [0.1, 0.15) is 0 Å². The third kappa shape index (κ3) is 3.79. The van der Waals surface area contributed by atoms with Crippen LogP contribution in [0.1, 0.15) is 10.4 Å². The standard InChI is InChI=1S/C23H18FN9O2S/c24-16-13-26-21(33-7-6-27-30-33)18-17(16)15(12-25-18)19(34)22(35)31-8-10-32(11-9-31)23-28-20(29-36-23)14-4-2-1-3-5-14/h1-7,12-13,25H,8-11H2. The topological polar surface area (TPSA) is 126 Å². The van der Waals surface area contributed by atoms with Crippen LogP contribution in [0.2, 0.25) is 0 Å². The van der Waals surface area contributed by atoms with Gasteiger partial charge in [-0.3, -0.25) is 9.59 Å². The van der Waals surface area contributed by atoms with E-state index in [1.54, 1.807) is 6.20 Å². The number of H-pyrrole nitrogens is 1. The van der Waals surface area contributed by atoms with Crippen LogP contribution >= 0.6 is 11.5 Å². The van der Waals surface area contributed by atoms with Crippen molar-refractivity contribution in [2.75, 3.05) is 31.1 Å². The molecule has 36 heavy (non-hydrogen) atoms. The van der Waals surface area contributed by atoms with Crippen LogP contribution in [0, 0.1) is 5.82 Å². The quantitative estimate of drug-likeness (QED) is 0.286. The van der Waals surface area contributed by atoms with Crippen LogP contribution in [0.25, 0.3) is 28.1 Å². The molecule has 0 spiro atoms. The van der Waals surface area contributed by atoms with Gasteiger partial charge in [-0.05, 0) is 0 Å². The molecule has 5 heterocycles. The highest BCUT2D eigenvalue weighted by Gasteiger charge is 2.30. The summed E-state index contributed by atoms with van der Waals surface area (Å²) in [5, 5.41) is 8.36. The van der Waals surface area contributed by atoms with Crippen LogP contribution in [-0.4, -0.2) is 77.1 Å². The smallest absolute Gasteiger partial charge is 0.295 e. The number of hydrogen-bond donors (Lipinski definition) is 1. The molecule has 1 amide bonds. The molecule has 0 saturated carbocycles. The number of fused-ring (bicyclic) bond motifs is 1. The van der Waals surface area contributed by atoms with Gasteiger partial charge in [-0.25, -0.2) is 14.1 Å². The van der Waals surface area contributed by atoms with E-state index in [1.165, 1.54) is 33.5 Å². The maximum atomic E-state index is 14.7. The molecular weight excluding hydrogens is 485 g/mol. The molecule has 4 aromatic heterocycles. The Balaban J connectivity index is 1.18. The fourth-order valence-electron chi connectivity index (χ4n) is 4.18. The predicted octanol–water partition coefficient (Wildman–Crippen LogP) is 2.33. The second-order valence-corrected chi connectivity index (χ2v) is 8.83. The zero-order valence-electron chi connectivity index (χ0n) is 18.7. The van der Waals surface area contributed by atoms with E-state index in [-0.39, 0.29) is 22.3 Å². The van der Waals surface area contributed by atoms with Crippen LogP contribution < -0.4 is 4.90 Å². The van der Waals surface area contributed by atoms with Crippen LogP contribution in [0.4, 0.5) is 9.52 Å². The number of pyridine rings is 1. The van der Waals surface area contributed by atoms with Gasteiger partial charge in [0.2, 0.25) is 5.13 Å². The Morgan fingerprint density at radius 3 is 2.64 bits per heavy atom. The van der Waals surface area contributed by atoms with Crippen molar-refractivity contribution < 1.29 is 14.0 Å². The predicted molar refractivity (Wildman–Crippen MR) is 129 cm³/mol. The fraction of sp³-hybridized carbons (Fsp3) is 0.174. The minimum Gasteiger partial charge on any atom is -0.357 e. The average molecular weight is 504 g/mol. The SMILES string of the molecule is O=C(C(=O)N1CCN(c2nc(-c3ccccc3)ns2)CC1)c1c[nH]c2c(-n3ccnn3)ncc(F)c12. The van der Waals surface area contributed by atoms with Crippen molar-refractivity contribution in [3.05, 3.63) is 66.5 Å². The first-order valence-electron chi connectivity index (χ1n) is 11.1. The molecule has 0 unspecified atom stereocenters. The van der Waals surface area contributed by atoms with Gasteiger partial charge < -0.3 is 14.8 Å². The number of Topliss-reactive ketones (excluding diaryl/α,β-unsaturated/α-hetero) is 1. The number of hydrogen-bond acceptors (Lipinski definition) is 9. The summed E-state index contributed by atoms with van der Waals surface area (Å²) in [4.78, 5) is 41.2. The van der Waals surface area contributed by atoms with E-state index in [2.05, 4.69) is 29.6 Å². The van der Waals surface area contributed by atoms with E-state index in [0.29, 0.717) is 32.0 Å². The maximum Gasteiger partial charge on any atom is 0.295 e. The maximum absolute atomic E-state index is 14.7.